The third-order valence-corrected chi connectivity index (χ3v) is 7.83. The molecule has 1 heterocycles. The van der Waals surface area contributed by atoms with E-state index in [1.807, 2.05) is 0 Å². The third kappa shape index (κ3) is 12.5. The number of aryl methyl sites for hydroxylation is 3. The van der Waals surface area contributed by atoms with Crippen LogP contribution in [0.4, 0.5) is 0 Å². The van der Waals surface area contributed by atoms with Crippen molar-refractivity contribution in [3.63, 3.8) is 0 Å². The minimum absolute atomic E-state index is 0. The molecule has 0 saturated heterocycles. The highest BCUT2D eigenvalue weighted by molar-refractivity contribution is 6.18. The Balaban J connectivity index is 0.000000569. The number of nitrogens with zero attached hydrogens (tertiary/aromatic N) is 2. The molecular weight excluding hydrogens is 516 g/mol. The van der Waals surface area contributed by atoms with Crippen LogP contribution in [0.15, 0.2) is 68.9 Å². The molecule has 2 fully saturated rings. The molecule has 1 N–H and O–H groups in total. The maximum atomic E-state index is 8.36. The first-order valence-corrected chi connectivity index (χ1v) is 15.5. The van der Waals surface area contributed by atoms with Crippen LogP contribution in [0, 0.1) is 38.5 Å². The predicted molar refractivity (Wildman–Crippen MR) is 183 cm³/mol. The molecule has 1 aromatic rings. The first-order chi connectivity index (χ1) is 19.5. The number of hydrogen-bond donors (Lipinski definition) is 1. The van der Waals surface area contributed by atoms with Crippen molar-refractivity contribution in [1.82, 2.24) is 0 Å². The van der Waals surface area contributed by atoms with Gasteiger partial charge in [0.1, 0.15) is 0 Å². The van der Waals surface area contributed by atoms with Crippen molar-refractivity contribution < 1.29 is 9.90 Å². The molecule has 0 spiro atoms. The van der Waals surface area contributed by atoms with Crippen LogP contribution in [0.25, 0.3) is 0 Å². The predicted octanol–water partition coefficient (Wildman–Crippen LogP) is 10.2. The SMILES string of the molecule is C.C=C=C(C)CC(CCC)C1=NCC(C(/C=C(\C)CC(C)C)=NC2CC2)=C1C1CC1.Cc1ccc(C)c(C)c1.O=CO. The van der Waals surface area contributed by atoms with Crippen LogP contribution in [-0.2, 0) is 4.79 Å². The van der Waals surface area contributed by atoms with E-state index < -0.39 is 0 Å². The molecule has 4 rings (SSSR count). The Morgan fingerprint density at radius 3 is 2.24 bits per heavy atom. The first-order valence-electron chi connectivity index (χ1n) is 15.5. The quantitative estimate of drug-likeness (QED) is 0.162. The van der Waals surface area contributed by atoms with Crippen LogP contribution >= 0.6 is 0 Å². The number of allylic oxidation sites excluding steroid dienone is 4. The number of hydrogen-bond acceptors (Lipinski definition) is 3. The summed E-state index contributed by atoms with van der Waals surface area (Å²) in [6, 6.07) is 7.05. The summed E-state index contributed by atoms with van der Waals surface area (Å²) in [6.07, 6.45) is 12.1. The third-order valence-electron chi connectivity index (χ3n) is 7.83. The lowest BCUT2D eigenvalue weighted by Crippen LogP contribution is -2.18. The Morgan fingerprint density at radius 1 is 1.12 bits per heavy atom. The van der Waals surface area contributed by atoms with Crippen molar-refractivity contribution in [3.8, 4) is 0 Å². The zero-order valence-corrected chi connectivity index (χ0v) is 27.0. The van der Waals surface area contributed by atoms with Crippen LogP contribution < -0.4 is 0 Å². The van der Waals surface area contributed by atoms with E-state index in [0.29, 0.717) is 23.8 Å². The highest BCUT2D eigenvalue weighted by Crippen LogP contribution is 2.44. The Bertz CT molecular complexity index is 1200. The lowest BCUT2D eigenvalue weighted by Gasteiger charge is -2.20. The highest BCUT2D eigenvalue weighted by atomic mass is 16.3. The maximum Gasteiger partial charge on any atom is 0.290 e. The monoisotopic (exact) mass is 574 g/mol. The summed E-state index contributed by atoms with van der Waals surface area (Å²) >= 11 is 0. The van der Waals surface area contributed by atoms with E-state index in [9.17, 15) is 0 Å². The van der Waals surface area contributed by atoms with Crippen LogP contribution in [0.5, 0.6) is 0 Å². The van der Waals surface area contributed by atoms with Gasteiger partial charge in [-0.1, -0.05) is 70.5 Å². The van der Waals surface area contributed by atoms with Crippen molar-refractivity contribution in [2.24, 2.45) is 27.7 Å². The van der Waals surface area contributed by atoms with Crippen LogP contribution in [0.3, 0.4) is 0 Å². The molecule has 0 amide bonds. The second-order valence-electron chi connectivity index (χ2n) is 12.5. The average molecular weight is 575 g/mol. The Hall–Kier alpha value is -2.97. The van der Waals surface area contributed by atoms with E-state index in [1.54, 1.807) is 5.57 Å². The minimum Gasteiger partial charge on any atom is -0.483 e. The lowest BCUT2D eigenvalue weighted by atomic mass is 9.84. The fourth-order valence-electron chi connectivity index (χ4n) is 5.44. The summed E-state index contributed by atoms with van der Waals surface area (Å²) in [5, 5.41) is 6.89. The molecule has 1 atom stereocenters. The summed E-state index contributed by atoms with van der Waals surface area (Å²) in [5.41, 5.74) is 15.6. The van der Waals surface area contributed by atoms with E-state index in [2.05, 4.69) is 92.0 Å². The van der Waals surface area contributed by atoms with Crippen molar-refractivity contribution >= 4 is 17.9 Å². The molecule has 4 heteroatoms. The van der Waals surface area contributed by atoms with Gasteiger partial charge in [0.15, 0.2) is 0 Å². The molecule has 1 aromatic carbocycles. The smallest absolute Gasteiger partial charge is 0.290 e. The lowest BCUT2D eigenvalue weighted by molar-refractivity contribution is -0.122. The molecule has 4 nitrogen and oxygen atoms in total. The van der Waals surface area contributed by atoms with Crippen LogP contribution in [-0.4, -0.2) is 35.6 Å². The van der Waals surface area contributed by atoms with Gasteiger partial charge in [-0.25, -0.2) is 0 Å². The molecule has 1 unspecified atom stereocenters. The van der Waals surface area contributed by atoms with Gasteiger partial charge in [-0.3, -0.25) is 14.8 Å². The normalized spacial score (nSPS) is 17.2. The molecular formula is C38H58N2O2. The summed E-state index contributed by atoms with van der Waals surface area (Å²) < 4.78 is 0. The summed E-state index contributed by atoms with van der Waals surface area (Å²) in [6.45, 7) is 22.1. The topological polar surface area (TPSA) is 62.0 Å². The second kappa shape index (κ2) is 18.5. The van der Waals surface area contributed by atoms with Crippen LogP contribution in [0.2, 0.25) is 0 Å². The molecule has 2 aliphatic carbocycles. The van der Waals surface area contributed by atoms with Crippen molar-refractivity contribution in [2.45, 2.75) is 120 Å². The van der Waals surface area contributed by atoms with Gasteiger partial charge in [-0.05, 0) is 120 Å². The maximum absolute atomic E-state index is 8.36. The van der Waals surface area contributed by atoms with E-state index in [-0.39, 0.29) is 13.9 Å². The second-order valence-corrected chi connectivity index (χ2v) is 12.5. The average Bonchev–Trinajstić information content (AvgIpc) is 3.85. The van der Waals surface area contributed by atoms with Gasteiger partial charge < -0.3 is 5.11 Å². The van der Waals surface area contributed by atoms with Crippen molar-refractivity contribution in [3.05, 3.63) is 75.6 Å². The van der Waals surface area contributed by atoms with Gasteiger partial charge in [-0.2, -0.15) is 0 Å². The number of benzene rings is 1. The van der Waals surface area contributed by atoms with Gasteiger partial charge in [-0.15, -0.1) is 5.73 Å². The Kier molecular flexibility index (Phi) is 16.4. The van der Waals surface area contributed by atoms with Gasteiger partial charge in [0, 0.05) is 17.2 Å². The molecule has 1 aliphatic heterocycles. The molecule has 0 aromatic heterocycles. The van der Waals surface area contributed by atoms with E-state index in [0.717, 1.165) is 19.4 Å². The highest BCUT2D eigenvalue weighted by Gasteiger charge is 2.38. The largest absolute Gasteiger partial charge is 0.483 e. The Morgan fingerprint density at radius 2 is 1.76 bits per heavy atom. The summed E-state index contributed by atoms with van der Waals surface area (Å²) in [5.74, 6) is 1.90. The fraction of sp³-hybridized carbons (Fsp3) is 0.579. The summed E-state index contributed by atoms with van der Waals surface area (Å²) in [4.78, 5) is 18.7. The molecule has 232 valence electrons. The molecule has 42 heavy (non-hydrogen) atoms. The van der Waals surface area contributed by atoms with Crippen molar-refractivity contribution in [2.75, 3.05) is 6.54 Å². The summed E-state index contributed by atoms with van der Waals surface area (Å²) in [7, 11) is 0. The molecule has 2 saturated carbocycles. The van der Waals surface area contributed by atoms with Crippen LogP contribution in [0.1, 0.15) is 110 Å². The zero-order chi connectivity index (χ0) is 30.5. The van der Waals surface area contributed by atoms with Gasteiger partial charge >= 0.3 is 0 Å². The van der Waals surface area contributed by atoms with Gasteiger partial charge in [0.2, 0.25) is 0 Å². The standard InChI is InChI=1S/C27H40N2.C9H12.CH2O2.CH4/c1-7-9-22(15-19(5)8-2)27-26(21-10-11-21)24(17-28-27)25(29-23-12-13-23)16-20(6)14-18(3)4;1-7-4-5-8(2)9(3)6-7;2-1-3;/h16,18,21-23H,2,7,9-15,17H2,1,3-6H3;4-6H,1-3H3;1H,(H,2,3);1H4/b20-16+,29-25?;;;. The van der Waals surface area contributed by atoms with E-state index in [4.69, 9.17) is 19.9 Å². The van der Waals surface area contributed by atoms with Crippen molar-refractivity contribution in [1.29, 1.82) is 0 Å². The van der Waals surface area contributed by atoms with E-state index >= 15 is 0 Å². The molecule has 3 aliphatic rings. The molecule has 0 radical (unpaired) electrons. The number of carboxylic acid groups (broad SMARTS) is 1. The number of aliphatic imine (C=N–C) groups is 2. The minimum atomic E-state index is -0.250. The van der Waals surface area contributed by atoms with Gasteiger partial charge in [0.25, 0.3) is 6.47 Å². The zero-order valence-electron chi connectivity index (χ0n) is 27.0. The number of carbonyl (C=O) groups is 1. The van der Waals surface area contributed by atoms with E-state index in [1.165, 1.54) is 83.4 Å². The Labute approximate surface area is 257 Å². The molecule has 0 bridgehead atoms. The fourth-order valence-corrected chi connectivity index (χ4v) is 5.44. The number of rotatable bonds is 11. The van der Waals surface area contributed by atoms with Gasteiger partial charge in [0.05, 0.1) is 18.3 Å². The first kappa shape index (κ1) is 37.1.